The fourth-order valence-electron chi connectivity index (χ4n) is 1.65. The summed E-state index contributed by atoms with van der Waals surface area (Å²) in [5, 5.41) is 0. The molecular weight excluding hydrogens is 283 g/mol. The van der Waals surface area contributed by atoms with E-state index in [9.17, 15) is 4.39 Å². The summed E-state index contributed by atoms with van der Waals surface area (Å²) in [6.07, 6.45) is 1.74. The minimum absolute atomic E-state index is 0.232. The average molecular weight is 295 g/mol. The van der Waals surface area contributed by atoms with Gasteiger partial charge in [0.25, 0.3) is 0 Å². The van der Waals surface area contributed by atoms with Crippen LogP contribution in [0.3, 0.4) is 0 Å². The molecule has 0 bridgehead atoms. The van der Waals surface area contributed by atoms with E-state index in [0.717, 1.165) is 22.5 Å². The van der Waals surface area contributed by atoms with Gasteiger partial charge in [0.1, 0.15) is 11.6 Å². The Bertz CT molecular complexity index is 499. The number of benzene rings is 1. The molecule has 0 spiro atoms. The molecule has 0 radical (unpaired) electrons. The van der Waals surface area contributed by atoms with Gasteiger partial charge in [-0.15, -0.1) is 0 Å². The van der Waals surface area contributed by atoms with Crippen molar-refractivity contribution in [2.24, 2.45) is 0 Å². The number of aromatic nitrogens is 1. The van der Waals surface area contributed by atoms with Crippen LogP contribution in [0.4, 0.5) is 15.9 Å². The number of halogens is 2. The Labute approximate surface area is 108 Å². The second-order valence-electron chi connectivity index (χ2n) is 3.53. The molecule has 17 heavy (non-hydrogen) atoms. The van der Waals surface area contributed by atoms with Crippen LogP contribution in [0.1, 0.15) is 6.92 Å². The lowest BCUT2D eigenvalue weighted by Crippen LogP contribution is -2.17. The first-order valence-electron chi connectivity index (χ1n) is 5.36. The zero-order chi connectivity index (χ0) is 12.3. The molecule has 2 rings (SSSR count). The minimum atomic E-state index is -0.232. The zero-order valence-corrected chi connectivity index (χ0v) is 11.0. The van der Waals surface area contributed by atoms with Gasteiger partial charge < -0.3 is 4.90 Å². The summed E-state index contributed by atoms with van der Waals surface area (Å²) in [6, 6.07) is 10.2. The maximum Gasteiger partial charge on any atom is 0.147 e. The first-order chi connectivity index (χ1) is 8.22. The Morgan fingerprint density at radius 1 is 1.24 bits per heavy atom. The Morgan fingerprint density at radius 3 is 2.53 bits per heavy atom. The number of rotatable bonds is 3. The van der Waals surface area contributed by atoms with Crippen molar-refractivity contribution in [2.45, 2.75) is 6.92 Å². The molecule has 0 amide bonds. The minimum Gasteiger partial charge on any atom is -0.326 e. The molecule has 2 nitrogen and oxygen atoms in total. The van der Waals surface area contributed by atoms with Crippen LogP contribution in [-0.2, 0) is 0 Å². The molecule has 0 saturated heterocycles. The molecule has 1 heterocycles. The predicted octanol–water partition coefficient (Wildman–Crippen LogP) is 4.14. The number of nitrogens with zero attached hydrogens (tertiary/aromatic N) is 2. The molecule has 2 aromatic rings. The smallest absolute Gasteiger partial charge is 0.147 e. The van der Waals surface area contributed by atoms with Crippen LogP contribution in [0.5, 0.6) is 0 Å². The molecule has 1 aromatic carbocycles. The van der Waals surface area contributed by atoms with Crippen LogP contribution in [0.25, 0.3) is 0 Å². The number of anilines is 2. The lowest BCUT2D eigenvalue weighted by atomic mass is 10.2. The van der Waals surface area contributed by atoms with E-state index in [2.05, 4.69) is 20.9 Å². The van der Waals surface area contributed by atoms with Crippen LogP contribution in [-0.4, -0.2) is 11.5 Å². The van der Waals surface area contributed by atoms with Crippen molar-refractivity contribution >= 4 is 27.4 Å². The topological polar surface area (TPSA) is 16.1 Å². The summed E-state index contributed by atoms with van der Waals surface area (Å²) in [5.74, 6) is 0.603. The van der Waals surface area contributed by atoms with E-state index in [1.807, 2.05) is 24.0 Å². The maximum absolute atomic E-state index is 12.9. The molecule has 0 aliphatic heterocycles. The second-order valence-corrected chi connectivity index (χ2v) is 4.38. The highest BCUT2D eigenvalue weighted by Gasteiger charge is 2.11. The Balaban J connectivity index is 2.40. The Kier molecular flexibility index (Phi) is 3.74. The fourth-order valence-corrected chi connectivity index (χ4v) is 2.12. The van der Waals surface area contributed by atoms with Crippen molar-refractivity contribution in [3.8, 4) is 0 Å². The highest BCUT2D eigenvalue weighted by molar-refractivity contribution is 9.10. The van der Waals surface area contributed by atoms with E-state index in [1.165, 1.54) is 12.1 Å². The van der Waals surface area contributed by atoms with Crippen molar-refractivity contribution in [3.63, 3.8) is 0 Å². The van der Waals surface area contributed by atoms with Crippen molar-refractivity contribution in [3.05, 3.63) is 52.9 Å². The van der Waals surface area contributed by atoms with E-state index in [1.54, 1.807) is 18.3 Å². The monoisotopic (exact) mass is 294 g/mol. The molecule has 4 heteroatoms. The molecule has 88 valence electrons. The van der Waals surface area contributed by atoms with E-state index >= 15 is 0 Å². The third kappa shape index (κ3) is 2.64. The lowest BCUT2D eigenvalue weighted by molar-refractivity contribution is 0.628. The number of pyridine rings is 1. The molecule has 0 N–H and O–H groups in total. The first-order valence-corrected chi connectivity index (χ1v) is 6.15. The van der Waals surface area contributed by atoms with Gasteiger partial charge in [0.15, 0.2) is 0 Å². The van der Waals surface area contributed by atoms with Gasteiger partial charge in [-0.2, -0.15) is 0 Å². The van der Waals surface area contributed by atoms with Gasteiger partial charge in [0.05, 0.1) is 4.47 Å². The molecular formula is C13H12BrFN2. The fraction of sp³-hybridized carbons (Fsp3) is 0.154. The van der Waals surface area contributed by atoms with E-state index < -0.39 is 0 Å². The summed E-state index contributed by atoms with van der Waals surface area (Å²) in [4.78, 5) is 6.35. The summed E-state index contributed by atoms with van der Waals surface area (Å²) < 4.78 is 13.8. The first kappa shape index (κ1) is 12.0. The van der Waals surface area contributed by atoms with Crippen molar-refractivity contribution in [2.75, 3.05) is 11.4 Å². The van der Waals surface area contributed by atoms with Gasteiger partial charge in [-0.1, -0.05) is 0 Å². The summed E-state index contributed by atoms with van der Waals surface area (Å²) in [7, 11) is 0. The molecule has 0 fully saturated rings. The normalized spacial score (nSPS) is 10.3. The van der Waals surface area contributed by atoms with Gasteiger partial charge in [-0.05, 0) is 59.3 Å². The SMILES string of the molecule is CCN(c1ccc(F)cc1)c1ncccc1Br. The van der Waals surface area contributed by atoms with Crippen LogP contribution in [0, 0.1) is 5.82 Å². The predicted molar refractivity (Wildman–Crippen MR) is 71.0 cm³/mol. The van der Waals surface area contributed by atoms with Crippen LogP contribution < -0.4 is 4.90 Å². The van der Waals surface area contributed by atoms with E-state index in [0.29, 0.717) is 0 Å². The Hall–Kier alpha value is -1.42. The van der Waals surface area contributed by atoms with Crippen LogP contribution in [0.15, 0.2) is 47.1 Å². The Morgan fingerprint density at radius 2 is 1.94 bits per heavy atom. The second kappa shape index (κ2) is 5.27. The third-order valence-corrected chi connectivity index (χ3v) is 3.07. The van der Waals surface area contributed by atoms with Gasteiger partial charge in [-0.3, -0.25) is 0 Å². The molecule has 0 unspecified atom stereocenters. The van der Waals surface area contributed by atoms with Crippen molar-refractivity contribution < 1.29 is 4.39 Å². The van der Waals surface area contributed by atoms with Gasteiger partial charge in [0.2, 0.25) is 0 Å². The van der Waals surface area contributed by atoms with Gasteiger partial charge in [0, 0.05) is 18.4 Å². The van der Waals surface area contributed by atoms with Crippen molar-refractivity contribution in [1.29, 1.82) is 0 Å². The van der Waals surface area contributed by atoms with Gasteiger partial charge in [-0.25, -0.2) is 9.37 Å². The van der Waals surface area contributed by atoms with E-state index in [-0.39, 0.29) is 5.82 Å². The highest BCUT2D eigenvalue weighted by Crippen LogP contribution is 2.29. The van der Waals surface area contributed by atoms with Crippen LogP contribution in [0.2, 0.25) is 0 Å². The summed E-state index contributed by atoms with van der Waals surface area (Å²) >= 11 is 3.47. The molecule has 0 atom stereocenters. The molecule has 0 saturated carbocycles. The number of hydrogen-bond acceptors (Lipinski definition) is 2. The largest absolute Gasteiger partial charge is 0.326 e. The summed E-state index contributed by atoms with van der Waals surface area (Å²) in [6.45, 7) is 2.80. The lowest BCUT2D eigenvalue weighted by Gasteiger charge is -2.23. The zero-order valence-electron chi connectivity index (χ0n) is 9.40. The molecule has 0 aliphatic carbocycles. The quantitative estimate of drug-likeness (QED) is 0.846. The average Bonchev–Trinajstić information content (AvgIpc) is 2.35. The standard InChI is InChI=1S/C13H12BrFN2/c1-2-17(11-7-5-10(15)6-8-11)13-12(14)4-3-9-16-13/h3-9H,2H2,1H3. The molecule has 1 aromatic heterocycles. The number of hydrogen-bond donors (Lipinski definition) is 0. The third-order valence-electron chi connectivity index (χ3n) is 2.45. The van der Waals surface area contributed by atoms with E-state index in [4.69, 9.17) is 0 Å². The maximum atomic E-state index is 12.9. The van der Waals surface area contributed by atoms with Gasteiger partial charge >= 0.3 is 0 Å². The van der Waals surface area contributed by atoms with Crippen molar-refractivity contribution in [1.82, 2.24) is 4.98 Å². The highest BCUT2D eigenvalue weighted by atomic mass is 79.9. The van der Waals surface area contributed by atoms with Crippen LogP contribution >= 0.6 is 15.9 Å². The molecule has 0 aliphatic rings. The summed E-state index contributed by atoms with van der Waals surface area (Å²) in [5.41, 5.74) is 0.924.